The predicted molar refractivity (Wildman–Crippen MR) is 157 cm³/mol. The van der Waals surface area contributed by atoms with Crippen molar-refractivity contribution in [3.05, 3.63) is 113 Å². The Morgan fingerprint density at radius 3 is 2.84 bits per heavy atom. The molecule has 3 aliphatic carbocycles. The van der Waals surface area contributed by atoms with Gasteiger partial charge in [0, 0.05) is 27.4 Å². The van der Waals surface area contributed by atoms with Crippen LogP contribution >= 0.6 is 0 Å². The zero-order chi connectivity index (χ0) is 25.2. The number of hydrogen-bond acceptors (Lipinski definition) is 2. The van der Waals surface area contributed by atoms with Crippen molar-refractivity contribution in [3.8, 4) is 11.1 Å². The van der Waals surface area contributed by atoms with Gasteiger partial charge in [0.25, 0.3) is 0 Å². The Balaban J connectivity index is 1.26. The maximum absolute atomic E-state index is 4.00. The molecule has 3 unspecified atom stereocenters. The van der Waals surface area contributed by atoms with E-state index in [1.54, 1.807) is 5.57 Å². The molecule has 1 saturated heterocycles. The second-order valence-corrected chi connectivity index (χ2v) is 12.1. The van der Waals surface area contributed by atoms with Gasteiger partial charge >= 0.3 is 0 Å². The van der Waals surface area contributed by atoms with Gasteiger partial charge in [0.2, 0.25) is 0 Å². The molecule has 38 heavy (non-hydrogen) atoms. The fraction of sp³-hybridized carbons (Fsp3) is 0.257. The van der Waals surface area contributed by atoms with Crippen molar-refractivity contribution >= 4 is 27.4 Å². The molecule has 0 saturated carbocycles. The summed E-state index contributed by atoms with van der Waals surface area (Å²) >= 11 is 0. The van der Waals surface area contributed by atoms with Crippen molar-refractivity contribution in [2.24, 2.45) is 0 Å². The summed E-state index contributed by atoms with van der Waals surface area (Å²) in [4.78, 5) is 0. The number of benzene rings is 3. The number of rotatable bonds is 1. The zero-order valence-corrected chi connectivity index (χ0v) is 21.9. The van der Waals surface area contributed by atoms with Crippen LogP contribution < -0.4 is 10.6 Å². The van der Waals surface area contributed by atoms with Crippen LogP contribution in [0, 0.1) is 0 Å². The highest BCUT2D eigenvalue weighted by molar-refractivity contribution is 6.16. The van der Waals surface area contributed by atoms with Gasteiger partial charge in [-0.1, -0.05) is 80.6 Å². The van der Waals surface area contributed by atoms with Crippen molar-refractivity contribution in [1.29, 1.82) is 0 Å². The largest absolute Gasteiger partial charge is 0.377 e. The molecule has 3 aromatic carbocycles. The fourth-order valence-electron chi connectivity index (χ4n) is 8.11. The van der Waals surface area contributed by atoms with Crippen LogP contribution in [-0.2, 0) is 5.41 Å². The normalized spacial score (nSPS) is 25.7. The molecule has 186 valence electrons. The van der Waals surface area contributed by atoms with Gasteiger partial charge in [-0.3, -0.25) is 5.32 Å². The van der Waals surface area contributed by atoms with Gasteiger partial charge in [0.15, 0.2) is 0 Å². The van der Waals surface area contributed by atoms with Crippen LogP contribution in [0.25, 0.3) is 38.5 Å². The van der Waals surface area contributed by atoms with Crippen LogP contribution in [0.2, 0.25) is 0 Å². The predicted octanol–water partition coefficient (Wildman–Crippen LogP) is 7.81. The highest BCUT2D eigenvalue weighted by Crippen LogP contribution is 2.52. The molecule has 4 aromatic rings. The van der Waals surface area contributed by atoms with Crippen LogP contribution in [0.5, 0.6) is 0 Å². The number of piperazine rings is 1. The molecule has 0 spiro atoms. The molecule has 5 aliphatic rings. The smallest absolute Gasteiger partial charge is 0.110 e. The maximum Gasteiger partial charge on any atom is 0.110 e. The Bertz CT molecular complexity index is 1840. The van der Waals surface area contributed by atoms with Crippen LogP contribution in [0.15, 0.2) is 96.2 Å². The molecule has 3 atom stereocenters. The van der Waals surface area contributed by atoms with E-state index in [0.29, 0.717) is 6.04 Å². The van der Waals surface area contributed by atoms with Crippen LogP contribution in [-0.4, -0.2) is 10.6 Å². The van der Waals surface area contributed by atoms with E-state index in [1.807, 2.05) is 0 Å². The van der Waals surface area contributed by atoms with E-state index in [2.05, 4.69) is 114 Å². The number of aromatic nitrogens is 1. The summed E-state index contributed by atoms with van der Waals surface area (Å²) < 4.78 is 2.58. The standard InChI is InChI=1S/C35H31N3/c1-35(2)26-13-4-3-9-22(26)25-19-20(17-18-27(25)35)21-10-8-16-30-31(21)23-11-7-12-24-32-34(38(30)33(23)24)37-29-15-6-5-14-28(29)36-32/h4-8,10-14,16-19,29,32,34,36-37H,3,9,15H2,1-2H3. The molecule has 3 nitrogen and oxygen atoms in total. The van der Waals surface area contributed by atoms with Gasteiger partial charge in [-0.25, -0.2) is 0 Å². The minimum Gasteiger partial charge on any atom is -0.377 e. The van der Waals surface area contributed by atoms with Crippen molar-refractivity contribution in [1.82, 2.24) is 15.2 Å². The lowest BCUT2D eigenvalue weighted by molar-refractivity contribution is 0.267. The Kier molecular flexibility index (Phi) is 4.00. The van der Waals surface area contributed by atoms with Gasteiger partial charge in [-0.15, -0.1) is 0 Å². The Hall–Kier alpha value is -3.82. The zero-order valence-electron chi connectivity index (χ0n) is 21.9. The first-order chi connectivity index (χ1) is 18.6. The van der Waals surface area contributed by atoms with Crippen molar-refractivity contribution in [3.63, 3.8) is 0 Å². The molecule has 2 aliphatic heterocycles. The second-order valence-electron chi connectivity index (χ2n) is 12.1. The summed E-state index contributed by atoms with van der Waals surface area (Å²) in [7, 11) is 0. The number of nitrogens with one attached hydrogen (secondary N) is 2. The van der Waals surface area contributed by atoms with E-state index in [9.17, 15) is 0 Å². The lowest BCUT2D eigenvalue weighted by atomic mass is 9.80. The van der Waals surface area contributed by atoms with Crippen molar-refractivity contribution < 1.29 is 0 Å². The summed E-state index contributed by atoms with van der Waals surface area (Å²) in [6.07, 6.45) is 14.9. The van der Waals surface area contributed by atoms with Crippen LogP contribution in [0.1, 0.15) is 62.0 Å². The van der Waals surface area contributed by atoms with E-state index in [0.717, 1.165) is 19.3 Å². The summed E-state index contributed by atoms with van der Waals surface area (Å²) in [5.41, 5.74) is 14.2. The molecule has 3 heterocycles. The molecule has 0 bridgehead atoms. The molecule has 3 heteroatoms. The summed E-state index contributed by atoms with van der Waals surface area (Å²) in [6.45, 7) is 4.77. The topological polar surface area (TPSA) is 29.0 Å². The van der Waals surface area contributed by atoms with E-state index in [-0.39, 0.29) is 17.6 Å². The van der Waals surface area contributed by atoms with Gasteiger partial charge in [0.05, 0.1) is 23.1 Å². The molecular weight excluding hydrogens is 462 g/mol. The Morgan fingerprint density at radius 1 is 0.974 bits per heavy atom. The lowest BCUT2D eigenvalue weighted by Crippen LogP contribution is -2.50. The number of hydrogen-bond donors (Lipinski definition) is 2. The first-order valence-corrected chi connectivity index (χ1v) is 14.1. The van der Waals surface area contributed by atoms with Gasteiger partial charge in [-0.05, 0) is 70.9 Å². The molecular formula is C35H31N3. The van der Waals surface area contributed by atoms with Gasteiger partial charge in [0.1, 0.15) is 6.17 Å². The number of fused-ring (bicyclic) bond motifs is 9. The summed E-state index contributed by atoms with van der Waals surface area (Å²) in [6, 6.07) is 21.7. The monoisotopic (exact) mass is 493 g/mol. The van der Waals surface area contributed by atoms with E-state index < -0.39 is 0 Å². The highest BCUT2D eigenvalue weighted by atomic mass is 15.3. The minimum atomic E-state index is 0.0775. The minimum absolute atomic E-state index is 0.0775. The van der Waals surface area contributed by atoms with Crippen LogP contribution in [0.3, 0.4) is 0 Å². The molecule has 9 rings (SSSR count). The Morgan fingerprint density at radius 2 is 1.89 bits per heavy atom. The quantitative estimate of drug-likeness (QED) is 0.283. The molecule has 1 aromatic heterocycles. The van der Waals surface area contributed by atoms with Gasteiger partial charge in [-0.2, -0.15) is 0 Å². The molecule has 0 radical (unpaired) electrons. The van der Waals surface area contributed by atoms with Crippen molar-refractivity contribution in [2.75, 3.05) is 0 Å². The average Bonchev–Trinajstić information content (AvgIpc) is 3.55. The second kappa shape index (κ2) is 7.18. The van der Waals surface area contributed by atoms with E-state index in [4.69, 9.17) is 0 Å². The maximum atomic E-state index is 4.00. The number of para-hydroxylation sites is 1. The average molecular weight is 494 g/mol. The molecule has 0 amide bonds. The third kappa shape index (κ3) is 2.53. The SMILES string of the molecule is CC1(C)C2=C(CCC=C2)c2cc(-c3cccc4c3c3cccc5c3n4C3NC4CC=CC=C4NC53)ccc21. The van der Waals surface area contributed by atoms with Crippen molar-refractivity contribution in [2.45, 2.75) is 56.8 Å². The molecule has 2 N–H and O–H groups in total. The Labute approximate surface area is 223 Å². The first-order valence-electron chi connectivity index (χ1n) is 14.1. The lowest BCUT2D eigenvalue weighted by Gasteiger charge is -2.39. The third-order valence-corrected chi connectivity index (χ3v) is 9.83. The number of nitrogens with zero attached hydrogens (tertiary/aromatic N) is 1. The first kappa shape index (κ1) is 21.2. The van der Waals surface area contributed by atoms with E-state index in [1.165, 1.54) is 60.9 Å². The number of allylic oxidation sites excluding steroid dienone is 6. The van der Waals surface area contributed by atoms with E-state index >= 15 is 0 Å². The molecule has 1 fully saturated rings. The summed E-state index contributed by atoms with van der Waals surface area (Å²) in [5.74, 6) is 0. The fourth-order valence-corrected chi connectivity index (χ4v) is 8.11. The van der Waals surface area contributed by atoms with Crippen LogP contribution in [0.4, 0.5) is 0 Å². The van der Waals surface area contributed by atoms with Gasteiger partial charge < -0.3 is 9.88 Å². The highest BCUT2D eigenvalue weighted by Gasteiger charge is 2.42. The third-order valence-electron chi connectivity index (χ3n) is 9.83. The summed E-state index contributed by atoms with van der Waals surface area (Å²) in [5, 5.41) is 10.6.